The quantitative estimate of drug-likeness (QED) is 0.765. The number of likely N-dealkylation sites (tertiary alicyclic amines) is 1. The van der Waals surface area contributed by atoms with Crippen LogP contribution in [0.4, 0.5) is 0 Å². The summed E-state index contributed by atoms with van der Waals surface area (Å²) in [6.07, 6.45) is 6.90. The van der Waals surface area contributed by atoms with Gasteiger partial charge in [0.1, 0.15) is 0 Å². The van der Waals surface area contributed by atoms with Crippen LogP contribution >= 0.6 is 0 Å². The van der Waals surface area contributed by atoms with Gasteiger partial charge in [-0.05, 0) is 56.5 Å². The monoisotopic (exact) mass is 238 g/mol. The molecule has 0 bridgehead atoms. The van der Waals surface area contributed by atoms with Gasteiger partial charge < -0.3 is 10.2 Å². The second-order valence-electron chi connectivity index (χ2n) is 6.78. The molecular weight excluding hydrogens is 208 g/mol. The van der Waals surface area contributed by atoms with Crippen molar-refractivity contribution in [3.05, 3.63) is 0 Å². The Hall–Kier alpha value is -0.0800. The van der Waals surface area contributed by atoms with E-state index in [1.807, 2.05) is 0 Å². The number of piperidine rings is 1. The van der Waals surface area contributed by atoms with Crippen molar-refractivity contribution in [2.45, 2.75) is 58.9 Å². The van der Waals surface area contributed by atoms with Gasteiger partial charge in [-0.2, -0.15) is 0 Å². The van der Waals surface area contributed by atoms with E-state index >= 15 is 0 Å². The summed E-state index contributed by atoms with van der Waals surface area (Å²) in [6.45, 7) is 12.3. The first-order valence-electron chi connectivity index (χ1n) is 7.57. The first kappa shape index (κ1) is 13.4. The molecule has 0 aromatic carbocycles. The third kappa shape index (κ3) is 4.26. The van der Waals surface area contributed by atoms with E-state index < -0.39 is 0 Å². The lowest BCUT2D eigenvalue weighted by molar-refractivity contribution is 0.118. The highest BCUT2D eigenvalue weighted by Crippen LogP contribution is 2.27. The molecule has 1 unspecified atom stereocenters. The molecule has 0 amide bonds. The van der Waals surface area contributed by atoms with E-state index in [0.29, 0.717) is 5.41 Å². The van der Waals surface area contributed by atoms with E-state index in [2.05, 4.69) is 31.0 Å². The zero-order valence-electron chi connectivity index (χ0n) is 12.0. The molecule has 2 nitrogen and oxygen atoms in total. The molecular formula is C15H30N2. The number of nitrogens with zero attached hydrogens (tertiary/aromatic N) is 1. The minimum absolute atomic E-state index is 0.475. The van der Waals surface area contributed by atoms with Crippen molar-refractivity contribution in [2.24, 2.45) is 11.3 Å². The van der Waals surface area contributed by atoms with E-state index in [1.54, 1.807) is 0 Å². The third-order valence-electron chi connectivity index (χ3n) is 4.73. The predicted molar refractivity (Wildman–Crippen MR) is 74.3 cm³/mol. The van der Waals surface area contributed by atoms with Gasteiger partial charge in [-0.3, -0.25) is 0 Å². The Labute approximate surface area is 107 Å². The molecule has 1 saturated heterocycles. The standard InChI is InChI=1S/C15H30N2/c1-4-15(3,11-16-14-5-6-14)12-17-9-7-13(2)8-10-17/h13-14,16H,4-12H2,1-3H3. The van der Waals surface area contributed by atoms with Crippen molar-refractivity contribution < 1.29 is 0 Å². The SMILES string of the molecule is CCC(C)(CNC1CC1)CN1CCC(C)CC1. The summed E-state index contributed by atoms with van der Waals surface area (Å²) in [7, 11) is 0. The first-order valence-corrected chi connectivity index (χ1v) is 7.57. The topological polar surface area (TPSA) is 15.3 Å². The lowest BCUT2D eigenvalue weighted by Gasteiger charge is -2.38. The van der Waals surface area contributed by atoms with Crippen molar-refractivity contribution in [3.63, 3.8) is 0 Å². The lowest BCUT2D eigenvalue weighted by Crippen LogP contribution is -2.45. The molecule has 100 valence electrons. The largest absolute Gasteiger partial charge is 0.313 e. The summed E-state index contributed by atoms with van der Waals surface area (Å²) in [5, 5.41) is 3.72. The Balaban J connectivity index is 1.75. The summed E-state index contributed by atoms with van der Waals surface area (Å²) in [5.74, 6) is 0.948. The van der Waals surface area contributed by atoms with Crippen LogP contribution < -0.4 is 5.32 Å². The van der Waals surface area contributed by atoms with Crippen molar-refractivity contribution >= 4 is 0 Å². The average molecular weight is 238 g/mol. The number of hydrogen-bond donors (Lipinski definition) is 1. The molecule has 1 aliphatic heterocycles. The Morgan fingerprint density at radius 3 is 2.35 bits per heavy atom. The van der Waals surface area contributed by atoms with E-state index in [0.717, 1.165) is 12.0 Å². The van der Waals surface area contributed by atoms with Gasteiger partial charge in [-0.25, -0.2) is 0 Å². The molecule has 1 heterocycles. The molecule has 0 aromatic rings. The summed E-state index contributed by atoms with van der Waals surface area (Å²) in [6, 6.07) is 0.849. The first-order chi connectivity index (χ1) is 8.11. The molecule has 1 aliphatic carbocycles. The summed E-state index contributed by atoms with van der Waals surface area (Å²) >= 11 is 0. The summed E-state index contributed by atoms with van der Waals surface area (Å²) in [4.78, 5) is 2.69. The van der Waals surface area contributed by atoms with Gasteiger partial charge in [0.05, 0.1) is 0 Å². The molecule has 0 aromatic heterocycles. The third-order valence-corrected chi connectivity index (χ3v) is 4.73. The minimum Gasteiger partial charge on any atom is -0.313 e. The normalized spacial score (nSPS) is 27.0. The Kier molecular flexibility index (Phi) is 4.48. The zero-order valence-corrected chi connectivity index (χ0v) is 12.0. The summed E-state index contributed by atoms with van der Waals surface area (Å²) < 4.78 is 0. The van der Waals surface area contributed by atoms with Crippen molar-refractivity contribution in [1.82, 2.24) is 10.2 Å². The highest BCUT2D eigenvalue weighted by Gasteiger charge is 2.30. The molecule has 17 heavy (non-hydrogen) atoms. The van der Waals surface area contributed by atoms with Crippen LogP contribution in [0.1, 0.15) is 52.9 Å². The van der Waals surface area contributed by atoms with Crippen LogP contribution in [0.15, 0.2) is 0 Å². The van der Waals surface area contributed by atoms with Crippen molar-refractivity contribution in [3.8, 4) is 0 Å². The smallest absolute Gasteiger partial charge is 0.00684 e. The Morgan fingerprint density at radius 2 is 1.82 bits per heavy atom. The second kappa shape index (κ2) is 5.71. The van der Waals surface area contributed by atoms with Crippen LogP contribution in [0.5, 0.6) is 0 Å². The van der Waals surface area contributed by atoms with Crippen LogP contribution in [-0.4, -0.2) is 37.1 Å². The Bertz CT molecular complexity index is 229. The maximum atomic E-state index is 3.72. The molecule has 2 aliphatic rings. The van der Waals surface area contributed by atoms with Gasteiger partial charge in [-0.15, -0.1) is 0 Å². The van der Waals surface area contributed by atoms with E-state index in [-0.39, 0.29) is 0 Å². The fourth-order valence-electron chi connectivity index (χ4n) is 2.73. The van der Waals surface area contributed by atoms with Crippen LogP contribution in [-0.2, 0) is 0 Å². The summed E-state index contributed by atoms with van der Waals surface area (Å²) in [5.41, 5.74) is 0.475. The van der Waals surface area contributed by atoms with Crippen LogP contribution in [0.25, 0.3) is 0 Å². The van der Waals surface area contributed by atoms with Gasteiger partial charge in [0.25, 0.3) is 0 Å². The van der Waals surface area contributed by atoms with Gasteiger partial charge in [-0.1, -0.05) is 20.8 Å². The number of rotatable bonds is 6. The van der Waals surface area contributed by atoms with Crippen LogP contribution in [0.2, 0.25) is 0 Å². The predicted octanol–water partition coefficient (Wildman–Crippen LogP) is 2.89. The molecule has 2 rings (SSSR count). The molecule has 1 saturated carbocycles. The lowest BCUT2D eigenvalue weighted by atomic mass is 9.85. The van der Waals surface area contributed by atoms with Crippen LogP contribution in [0.3, 0.4) is 0 Å². The van der Waals surface area contributed by atoms with E-state index in [1.165, 1.54) is 58.3 Å². The van der Waals surface area contributed by atoms with Gasteiger partial charge >= 0.3 is 0 Å². The highest BCUT2D eigenvalue weighted by atomic mass is 15.1. The average Bonchev–Trinajstić information content (AvgIpc) is 3.14. The fourth-order valence-corrected chi connectivity index (χ4v) is 2.73. The second-order valence-corrected chi connectivity index (χ2v) is 6.78. The van der Waals surface area contributed by atoms with Gasteiger partial charge in [0, 0.05) is 19.1 Å². The fraction of sp³-hybridized carbons (Fsp3) is 1.00. The maximum absolute atomic E-state index is 3.72. The molecule has 0 radical (unpaired) electrons. The number of hydrogen-bond acceptors (Lipinski definition) is 2. The van der Waals surface area contributed by atoms with E-state index in [4.69, 9.17) is 0 Å². The highest BCUT2D eigenvalue weighted by molar-refractivity contribution is 4.87. The molecule has 2 heteroatoms. The number of nitrogens with one attached hydrogen (secondary N) is 1. The van der Waals surface area contributed by atoms with Gasteiger partial charge in [0.2, 0.25) is 0 Å². The van der Waals surface area contributed by atoms with Gasteiger partial charge in [0.15, 0.2) is 0 Å². The minimum atomic E-state index is 0.475. The molecule has 0 spiro atoms. The molecule has 1 atom stereocenters. The Morgan fingerprint density at radius 1 is 1.18 bits per heavy atom. The van der Waals surface area contributed by atoms with Crippen molar-refractivity contribution in [1.29, 1.82) is 0 Å². The van der Waals surface area contributed by atoms with Crippen LogP contribution in [0, 0.1) is 11.3 Å². The maximum Gasteiger partial charge on any atom is 0.00684 e. The molecule has 1 N–H and O–H groups in total. The van der Waals surface area contributed by atoms with E-state index in [9.17, 15) is 0 Å². The van der Waals surface area contributed by atoms with Crippen molar-refractivity contribution in [2.75, 3.05) is 26.2 Å². The zero-order chi connectivity index (χ0) is 12.3. The molecule has 2 fully saturated rings.